The third kappa shape index (κ3) is 3.38. The second-order valence-electron chi connectivity index (χ2n) is 5.39. The molecule has 0 heterocycles. The summed E-state index contributed by atoms with van der Waals surface area (Å²) in [6.07, 6.45) is 1.81. The topological polar surface area (TPSA) is 18.5 Å². The molecule has 0 atom stereocenters. The number of benzene rings is 1. The quantitative estimate of drug-likeness (QED) is 0.717. The average molecular weight is 327 g/mol. The zero-order valence-electron chi connectivity index (χ0n) is 12.8. The van der Waals surface area contributed by atoms with Crippen molar-refractivity contribution in [2.24, 2.45) is 5.92 Å². The van der Waals surface area contributed by atoms with E-state index in [9.17, 15) is 0 Å². The van der Waals surface area contributed by atoms with Gasteiger partial charge in [-0.15, -0.1) is 0 Å². The van der Waals surface area contributed by atoms with E-state index in [0.29, 0.717) is 16.0 Å². The molecule has 0 N–H and O–H groups in total. The molecule has 21 heavy (non-hydrogen) atoms. The maximum atomic E-state index is 6.51. The molecule has 0 amide bonds. The van der Waals surface area contributed by atoms with E-state index < -0.39 is 0 Å². The highest BCUT2D eigenvalue weighted by molar-refractivity contribution is 6.46. The van der Waals surface area contributed by atoms with Crippen LogP contribution in [0.15, 0.2) is 33.8 Å². The zero-order chi connectivity index (χ0) is 15.6. The van der Waals surface area contributed by atoms with Crippen molar-refractivity contribution in [3.8, 4) is 11.5 Å². The summed E-state index contributed by atoms with van der Waals surface area (Å²) in [6.45, 7) is 4.28. The third-order valence-electron chi connectivity index (χ3n) is 3.78. The van der Waals surface area contributed by atoms with Crippen LogP contribution in [0.3, 0.4) is 0 Å². The van der Waals surface area contributed by atoms with Crippen molar-refractivity contribution in [1.29, 1.82) is 0 Å². The van der Waals surface area contributed by atoms with Crippen LogP contribution in [0.4, 0.5) is 0 Å². The van der Waals surface area contributed by atoms with Crippen LogP contribution in [0.25, 0.3) is 5.57 Å². The Kier molecular flexibility index (Phi) is 5.23. The first-order valence-corrected chi connectivity index (χ1v) is 7.74. The molecule has 1 aliphatic rings. The number of halogens is 2. The first-order valence-electron chi connectivity index (χ1n) is 6.99. The van der Waals surface area contributed by atoms with Crippen LogP contribution in [0.5, 0.6) is 11.5 Å². The number of methoxy groups -OCH3 is 2. The van der Waals surface area contributed by atoms with Gasteiger partial charge in [0.15, 0.2) is 0 Å². The van der Waals surface area contributed by atoms with Gasteiger partial charge in [-0.25, -0.2) is 0 Å². The summed E-state index contributed by atoms with van der Waals surface area (Å²) >= 11 is 13.0. The predicted molar refractivity (Wildman–Crippen MR) is 89.3 cm³/mol. The van der Waals surface area contributed by atoms with E-state index >= 15 is 0 Å². The summed E-state index contributed by atoms with van der Waals surface area (Å²) in [5.41, 5.74) is 3.26. The van der Waals surface area contributed by atoms with Crippen LogP contribution >= 0.6 is 23.2 Å². The SMILES string of the molecule is COc1cc(OC)cc(C2=C(Cl)C(Cl)=C(C(C)C)CC2)c1. The predicted octanol–water partition coefficient (Wildman–Crippen LogP) is 5.60. The van der Waals surface area contributed by atoms with Crippen LogP contribution in [0.2, 0.25) is 0 Å². The summed E-state index contributed by atoms with van der Waals surface area (Å²) in [6, 6.07) is 5.77. The second-order valence-corrected chi connectivity index (χ2v) is 6.14. The van der Waals surface area contributed by atoms with Crippen molar-refractivity contribution in [1.82, 2.24) is 0 Å². The highest BCUT2D eigenvalue weighted by atomic mass is 35.5. The molecular weight excluding hydrogens is 307 g/mol. The first kappa shape index (κ1) is 16.3. The van der Waals surface area contributed by atoms with Gasteiger partial charge in [-0.3, -0.25) is 0 Å². The summed E-state index contributed by atoms with van der Waals surface area (Å²) in [5, 5.41) is 1.33. The number of rotatable bonds is 4. The van der Waals surface area contributed by atoms with E-state index in [2.05, 4.69) is 13.8 Å². The van der Waals surface area contributed by atoms with Gasteiger partial charge >= 0.3 is 0 Å². The molecule has 1 aliphatic carbocycles. The van der Waals surface area contributed by atoms with Crippen LogP contribution in [-0.4, -0.2) is 14.2 Å². The van der Waals surface area contributed by atoms with E-state index in [1.165, 1.54) is 5.57 Å². The molecular formula is C17H20Cl2O2. The molecule has 0 saturated heterocycles. The molecule has 114 valence electrons. The van der Waals surface area contributed by atoms with Crippen LogP contribution in [0.1, 0.15) is 32.3 Å². The lowest BCUT2D eigenvalue weighted by Gasteiger charge is -2.23. The second kappa shape index (κ2) is 6.76. The molecule has 0 fully saturated rings. The Bertz CT molecular complexity index is 579. The fraction of sp³-hybridized carbons (Fsp3) is 0.412. The van der Waals surface area contributed by atoms with E-state index in [1.807, 2.05) is 18.2 Å². The number of allylic oxidation sites excluding steroid dienone is 4. The molecule has 1 aromatic carbocycles. The van der Waals surface area contributed by atoms with Gasteiger partial charge in [0.25, 0.3) is 0 Å². The minimum Gasteiger partial charge on any atom is -0.497 e. The number of hydrogen-bond donors (Lipinski definition) is 0. The van der Waals surface area contributed by atoms with Gasteiger partial charge in [-0.05, 0) is 47.6 Å². The third-order valence-corrected chi connectivity index (χ3v) is 4.73. The normalized spacial score (nSPS) is 15.8. The molecule has 1 aromatic rings. The maximum absolute atomic E-state index is 6.51. The molecule has 0 radical (unpaired) electrons. The van der Waals surface area contributed by atoms with Crippen molar-refractivity contribution in [3.05, 3.63) is 39.4 Å². The average Bonchev–Trinajstić information content (AvgIpc) is 2.48. The summed E-state index contributed by atoms with van der Waals surface area (Å²) in [7, 11) is 3.28. The van der Waals surface area contributed by atoms with Gasteiger partial charge in [0.2, 0.25) is 0 Å². The van der Waals surface area contributed by atoms with Crippen LogP contribution in [0, 0.1) is 5.92 Å². The maximum Gasteiger partial charge on any atom is 0.123 e. The Labute approximate surface area is 136 Å². The highest BCUT2D eigenvalue weighted by Gasteiger charge is 2.22. The molecule has 0 saturated carbocycles. The first-order chi connectivity index (χ1) is 9.97. The Hall–Kier alpha value is -1.12. The van der Waals surface area contributed by atoms with Gasteiger partial charge in [0.05, 0.1) is 24.3 Å². The van der Waals surface area contributed by atoms with E-state index in [0.717, 1.165) is 35.5 Å². The lowest BCUT2D eigenvalue weighted by atomic mass is 9.88. The van der Waals surface area contributed by atoms with Crippen LogP contribution < -0.4 is 9.47 Å². The van der Waals surface area contributed by atoms with Crippen molar-refractivity contribution >= 4 is 28.8 Å². The minimum absolute atomic E-state index is 0.410. The number of hydrogen-bond acceptors (Lipinski definition) is 2. The lowest BCUT2D eigenvalue weighted by Crippen LogP contribution is -2.05. The highest BCUT2D eigenvalue weighted by Crippen LogP contribution is 2.43. The van der Waals surface area contributed by atoms with E-state index in [1.54, 1.807) is 14.2 Å². The molecule has 0 bridgehead atoms. The Morgan fingerprint density at radius 2 is 1.48 bits per heavy atom. The van der Waals surface area contributed by atoms with E-state index in [4.69, 9.17) is 32.7 Å². The fourth-order valence-corrected chi connectivity index (χ4v) is 3.30. The molecule has 0 aliphatic heterocycles. The molecule has 2 rings (SSSR count). The van der Waals surface area contributed by atoms with Crippen molar-refractivity contribution < 1.29 is 9.47 Å². The van der Waals surface area contributed by atoms with Gasteiger partial charge in [0.1, 0.15) is 11.5 Å². The molecule has 0 spiro atoms. The Balaban J connectivity index is 2.52. The van der Waals surface area contributed by atoms with Crippen LogP contribution in [-0.2, 0) is 0 Å². The zero-order valence-corrected chi connectivity index (χ0v) is 14.3. The largest absolute Gasteiger partial charge is 0.497 e. The number of ether oxygens (including phenoxy) is 2. The summed E-state index contributed by atoms with van der Waals surface area (Å²) in [5.74, 6) is 1.90. The van der Waals surface area contributed by atoms with Gasteiger partial charge < -0.3 is 9.47 Å². The Morgan fingerprint density at radius 1 is 0.905 bits per heavy atom. The lowest BCUT2D eigenvalue weighted by molar-refractivity contribution is 0.394. The van der Waals surface area contributed by atoms with Gasteiger partial charge in [-0.2, -0.15) is 0 Å². The Morgan fingerprint density at radius 3 is 1.95 bits per heavy atom. The molecule has 0 unspecified atom stereocenters. The van der Waals surface area contributed by atoms with Gasteiger partial charge in [-0.1, -0.05) is 37.0 Å². The van der Waals surface area contributed by atoms with Crippen molar-refractivity contribution in [3.63, 3.8) is 0 Å². The standard InChI is InChI=1S/C17H20Cl2O2/c1-10(2)14-5-6-15(17(19)16(14)18)11-7-12(20-3)9-13(8-11)21-4/h7-10H,5-6H2,1-4H3. The fourth-order valence-electron chi connectivity index (χ4n) is 2.55. The summed E-state index contributed by atoms with van der Waals surface area (Å²) in [4.78, 5) is 0. The van der Waals surface area contributed by atoms with Gasteiger partial charge in [0, 0.05) is 6.07 Å². The van der Waals surface area contributed by atoms with Crippen molar-refractivity contribution in [2.75, 3.05) is 14.2 Å². The molecule has 0 aromatic heterocycles. The van der Waals surface area contributed by atoms with Crippen molar-refractivity contribution in [2.45, 2.75) is 26.7 Å². The minimum atomic E-state index is 0.410. The summed E-state index contributed by atoms with van der Waals surface area (Å²) < 4.78 is 10.6. The smallest absolute Gasteiger partial charge is 0.123 e. The monoisotopic (exact) mass is 326 g/mol. The molecule has 2 nitrogen and oxygen atoms in total. The van der Waals surface area contributed by atoms with E-state index in [-0.39, 0.29) is 0 Å². The molecule has 4 heteroatoms.